The molecule has 0 aliphatic rings. The molecule has 0 bridgehead atoms. The molecule has 5 heteroatoms. The highest BCUT2D eigenvalue weighted by molar-refractivity contribution is 5.79. The lowest BCUT2D eigenvalue weighted by Gasteiger charge is -2.27. The van der Waals surface area contributed by atoms with Crippen LogP contribution in [0.2, 0.25) is 0 Å². The minimum atomic E-state index is -0.264. The molecule has 0 aromatic heterocycles. The predicted octanol–water partition coefficient (Wildman–Crippen LogP) is 2.58. The minimum absolute atomic E-state index is 0.264. The van der Waals surface area contributed by atoms with Crippen LogP contribution in [0.4, 0.5) is 0 Å². The van der Waals surface area contributed by atoms with Crippen LogP contribution >= 0.6 is 0 Å². The number of methoxy groups -OCH3 is 1. The molecular formula is C19H34N4O. The molecule has 136 valence electrons. The fraction of sp³-hybridized carbons (Fsp3) is 0.632. The number of hydrogen-bond acceptors (Lipinski definition) is 3. The van der Waals surface area contributed by atoms with Crippen molar-refractivity contribution in [3.8, 4) is 0 Å². The highest BCUT2D eigenvalue weighted by atomic mass is 16.5. The van der Waals surface area contributed by atoms with Crippen molar-refractivity contribution in [1.29, 1.82) is 0 Å². The van der Waals surface area contributed by atoms with Gasteiger partial charge in [0.1, 0.15) is 0 Å². The van der Waals surface area contributed by atoms with E-state index in [0.717, 1.165) is 19.0 Å². The van der Waals surface area contributed by atoms with E-state index in [1.807, 2.05) is 13.8 Å². The summed E-state index contributed by atoms with van der Waals surface area (Å²) < 4.78 is 5.44. The molecule has 0 spiro atoms. The van der Waals surface area contributed by atoms with Crippen LogP contribution in [0.5, 0.6) is 0 Å². The van der Waals surface area contributed by atoms with Crippen LogP contribution < -0.4 is 10.6 Å². The molecule has 0 radical (unpaired) electrons. The second kappa shape index (κ2) is 9.64. The zero-order valence-corrected chi connectivity index (χ0v) is 16.3. The lowest BCUT2D eigenvalue weighted by molar-refractivity contribution is 0.0310. The van der Waals surface area contributed by atoms with Crippen molar-refractivity contribution >= 4 is 5.96 Å². The third-order valence-corrected chi connectivity index (χ3v) is 4.06. The Morgan fingerprint density at radius 1 is 1.21 bits per heavy atom. The molecule has 1 rings (SSSR count). The van der Waals surface area contributed by atoms with Crippen molar-refractivity contribution in [2.45, 2.75) is 39.3 Å². The van der Waals surface area contributed by atoms with E-state index in [1.165, 1.54) is 11.1 Å². The molecule has 2 N–H and O–H groups in total. The van der Waals surface area contributed by atoms with E-state index < -0.39 is 0 Å². The lowest BCUT2D eigenvalue weighted by Crippen LogP contribution is -2.42. The van der Waals surface area contributed by atoms with Gasteiger partial charge in [-0.15, -0.1) is 0 Å². The molecule has 24 heavy (non-hydrogen) atoms. The topological polar surface area (TPSA) is 48.9 Å². The number of aliphatic imine (C=N–C) groups is 1. The van der Waals surface area contributed by atoms with Crippen LogP contribution in [0.1, 0.15) is 37.9 Å². The number of likely N-dealkylation sites (N-methyl/N-ethyl adjacent to an activating group) is 1. The molecule has 0 amide bonds. The quantitative estimate of drug-likeness (QED) is 0.567. The average Bonchev–Trinajstić information content (AvgIpc) is 2.54. The maximum absolute atomic E-state index is 5.44. The van der Waals surface area contributed by atoms with Crippen molar-refractivity contribution in [2.24, 2.45) is 4.99 Å². The first-order valence-electron chi connectivity index (χ1n) is 8.59. The first kappa shape index (κ1) is 20.5. The van der Waals surface area contributed by atoms with E-state index in [0.29, 0.717) is 6.54 Å². The third kappa shape index (κ3) is 6.89. The summed E-state index contributed by atoms with van der Waals surface area (Å²) in [4.78, 5) is 6.87. The standard InChI is InChI=1S/C19H34N4O/c1-8-20-18(22-14-19(3,4)24-7)21-13-17(23(5)6)16-11-9-15(2)10-12-16/h9-12,17H,8,13-14H2,1-7H3,(H2,20,21,22). The summed E-state index contributed by atoms with van der Waals surface area (Å²) >= 11 is 0. The Kier molecular flexibility index (Phi) is 8.22. The van der Waals surface area contributed by atoms with Crippen molar-refractivity contribution in [2.75, 3.05) is 40.8 Å². The second-order valence-corrected chi connectivity index (χ2v) is 6.93. The molecule has 1 aromatic carbocycles. The summed E-state index contributed by atoms with van der Waals surface area (Å²) in [6.45, 7) is 10.5. The van der Waals surface area contributed by atoms with Crippen LogP contribution in [-0.4, -0.2) is 57.3 Å². The smallest absolute Gasteiger partial charge is 0.191 e. The first-order valence-corrected chi connectivity index (χ1v) is 8.59. The maximum Gasteiger partial charge on any atom is 0.191 e. The number of aryl methyl sites for hydroxylation is 1. The van der Waals surface area contributed by atoms with E-state index in [2.05, 4.69) is 72.7 Å². The van der Waals surface area contributed by atoms with Gasteiger partial charge in [-0.05, 0) is 47.4 Å². The Bertz CT molecular complexity index is 509. The molecule has 1 atom stereocenters. The van der Waals surface area contributed by atoms with E-state index in [4.69, 9.17) is 4.74 Å². The normalized spacial score (nSPS) is 13.9. The molecule has 1 aromatic rings. The minimum Gasteiger partial charge on any atom is -0.377 e. The van der Waals surface area contributed by atoms with Gasteiger partial charge in [-0.2, -0.15) is 0 Å². The monoisotopic (exact) mass is 334 g/mol. The molecule has 0 fully saturated rings. The Hall–Kier alpha value is -1.59. The van der Waals surface area contributed by atoms with Crippen LogP contribution in [0.15, 0.2) is 29.3 Å². The third-order valence-electron chi connectivity index (χ3n) is 4.06. The summed E-state index contributed by atoms with van der Waals surface area (Å²) in [5, 5.41) is 6.75. The van der Waals surface area contributed by atoms with Gasteiger partial charge in [-0.3, -0.25) is 4.99 Å². The zero-order valence-electron chi connectivity index (χ0n) is 16.3. The fourth-order valence-electron chi connectivity index (χ4n) is 2.26. The van der Waals surface area contributed by atoms with Gasteiger partial charge < -0.3 is 20.3 Å². The molecule has 0 saturated heterocycles. The molecule has 0 heterocycles. The van der Waals surface area contributed by atoms with Crippen molar-refractivity contribution in [3.63, 3.8) is 0 Å². The summed E-state index contributed by atoms with van der Waals surface area (Å²) in [5.41, 5.74) is 2.31. The first-order chi connectivity index (χ1) is 11.3. The average molecular weight is 335 g/mol. The number of nitrogens with one attached hydrogen (secondary N) is 2. The van der Waals surface area contributed by atoms with Gasteiger partial charge in [0.05, 0.1) is 18.2 Å². The number of rotatable bonds is 8. The summed E-state index contributed by atoms with van der Waals surface area (Å²) in [7, 11) is 5.92. The lowest BCUT2D eigenvalue weighted by atomic mass is 10.0. The Morgan fingerprint density at radius 2 is 1.83 bits per heavy atom. The Morgan fingerprint density at radius 3 is 2.33 bits per heavy atom. The molecule has 1 unspecified atom stereocenters. The van der Waals surface area contributed by atoms with Gasteiger partial charge in [-0.1, -0.05) is 29.8 Å². The van der Waals surface area contributed by atoms with Gasteiger partial charge in [0, 0.05) is 20.2 Å². The highest BCUT2D eigenvalue weighted by Gasteiger charge is 2.17. The summed E-state index contributed by atoms with van der Waals surface area (Å²) in [6.07, 6.45) is 0. The molecular weight excluding hydrogens is 300 g/mol. The molecule has 0 aliphatic heterocycles. The van der Waals surface area contributed by atoms with Gasteiger partial charge in [-0.25, -0.2) is 0 Å². The number of nitrogens with zero attached hydrogens (tertiary/aromatic N) is 2. The maximum atomic E-state index is 5.44. The van der Waals surface area contributed by atoms with Gasteiger partial charge in [0.25, 0.3) is 0 Å². The van der Waals surface area contributed by atoms with Crippen LogP contribution in [0.25, 0.3) is 0 Å². The van der Waals surface area contributed by atoms with Crippen LogP contribution in [0.3, 0.4) is 0 Å². The highest BCUT2D eigenvalue weighted by Crippen LogP contribution is 2.17. The Balaban J connectivity index is 2.78. The molecule has 0 aliphatic carbocycles. The van der Waals surface area contributed by atoms with Crippen molar-refractivity contribution in [3.05, 3.63) is 35.4 Å². The number of guanidine groups is 1. The van der Waals surface area contributed by atoms with E-state index >= 15 is 0 Å². The number of benzene rings is 1. The van der Waals surface area contributed by atoms with Crippen LogP contribution in [0, 0.1) is 6.92 Å². The van der Waals surface area contributed by atoms with E-state index in [9.17, 15) is 0 Å². The molecule has 0 saturated carbocycles. The number of hydrogen-bond donors (Lipinski definition) is 2. The second-order valence-electron chi connectivity index (χ2n) is 6.93. The zero-order chi connectivity index (χ0) is 18.2. The van der Waals surface area contributed by atoms with Gasteiger partial charge in [0.15, 0.2) is 5.96 Å². The summed E-state index contributed by atoms with van der Waals surface area (Å²) in [5.74, 6) is 0.821. The van der Waals surface area contributed by atoms with Gasteiger partial charge >= 0.3 is 0 Å². The fourth-order valence-corrected chi connectivity index (χ4v) is 2.26. The van der Waals surface area contributed by atoms with Crippen molar-refractivity contribution in [1.82, 2.24) is 15.5 Å². The summed E-state index contributed by atoms with van der Waals surface area (Å²) in [6, 6.07) is 8.99. The predicted molar refractivity (Wildman–Crippen MR) is 103 cm³/mol. The molecule has 5 nitrogen and oxygen atoms in total. The van der Waals surface area contributed by atoms with Crippen LogP contribution in [-0.2, 0) is 4.74 Å². The van der Waals surface area contributed by atoms with E-state index in [1.54, 1.807) is 7.11 Å². The number of ether oxygens (including phenoxy) is 1. The van der Waals surface area contributed by atoms with Gasteiger partial charge in [0.2, 0.25) is 0 Å². The van der Waals surface area contributed by atoms with E-state index in [-0.39, 0.29) is 11.6 Å². The SMILES string of the molecule is CCNC(=NCC(C)(C)OC)NCC(c1ccc(C)cc1)N(C)C. The largest absolute Gasteiger partial charge is 0.377 e. The Labute approximate surface area is 147 Å². The van der Waals surface area contributed by atoms with Crippen molar-refractivity contribution < 1.29 is 4.74 Å².